The highest BCUT2D eigenvalue weighted by molar-refractivity contribution is 7.99. The first-order valence-electron chi connectivity index (χ1n) is 7.95. The lowest BCUT2D eigenvalue weighted by Gasteiger charge is -2.13. The van der Waals surface area contributed by atoms with Crippen molar-refractivity contribution in [1.82, 2.24) is 4.57 Å². The fourth-order valence-electron chi connectivity index (χ4n) is 2.59. The van der Waals surface area contributed by atoms with Gasteiger partial charge in [-0.2, -0.15) is 0 Å². The Hall–Kier alpha value is -2.26. The maximum Gasteiger partial charge on any atom is 0.0531 e. The molecule has 2 nitrogen and oxygen atoms in total. The second kappa shape index (κ2) is 7.54. The van der Waals surface area contributed by atoms with Gasteiger partial charge in [-0.15, -0.1) is 0 Å². The van der Waals surface area contributed by atoms with Gasteiger partial charge in [-0.05, 0) is 78.1 Å². The normalized spacial score (nSPS) is 15.2. The van der Waals surface area contributed by atoms with Gasteiger partial charge in [0.25, 0.3) is 0 Å². The van der Waals surface area contributed by atoms with Crippen LogP contribution in [0.2, 0.25) is 0 Å². The minimum atomic E-state index is -2.18. The Morgan fingerprint density at radius 3 is 2.29 bits per heavy atom. The first kappa shape index (κ1) is 18.1. The lowest BCUT2D eigenvalue weighted by molar-refractivity contribution is 0.685. The zero-order valence-corrected chi connectivity index (χ0v) is 15.6. The summed E-state index contributed by atoms with van der Waals surface area (Å²) in [4.78, 5) is 0.777. The van der Waals surface area contributed by atoms with Crippen molar-refractivity contribution in [2.45, 2.75) is 25.7 Å². The Labute approximate surface area is 145 Å². The molecule has 0 aliphatic carbocycles. The van der Waals surface area contributed by atoms with Crippen molar-refractivity contribution in [3.8, 4) is 11.3 Å². The monoisotopic (exact) mass is 339 g/mol. The van der Waals surface area contributed by atoms with E-state index in [1.54, 1.807) is 6.26 Å². The first-order chi connectivity index (χ1) is 11.4. The molecule has 1 atom stereocenters. The molecule has 0 bridgehead atoms. The molecule has 1 aromatic carbocycles. The molecular weight excluding hydrogens is 314 g/mol. The van der Waals surface area contributed by atoms with Crippen molar-refractivity contribution in [1.29, 1.82) is 0 Å². The van der Waals surface area contributed by atoms with Gasteiger partial charge in [0.1, 0.15) is 0 Å². The van der Waals surface area contributed by atoms with Crippen molar-refractivity contribution in [2.75, 3.05) is 6.26 Å². The van der Waals surface area contributed by atoms with E-state index >= 15 is 0 Å². The summed E-state index contributed by atoms with van der Waals surface area (Å²) >= 11 is 0. The molecule has 0 radical (unpaired) electrons. The second-order valence-corrected chi connectivity index (χ2v) is 8.32. The molecule has 0 saturated carbocycles. The van der Waals surface area contributed by atoms with Gasteiger partial charge in [0.15, 0.2) is 0 Å². The molecule has 2 rings (SSSR count). The zero-order chi connectivity index (χ0) is 17.7. The van der Waals surface area contributed by atoms with Crippen LogP contribution in [-0.2, 0) is 9.52 Å². The SMILES string of the molecule is C=S(C)(=O)c1ccc(-c2ccc(C)n2C(/C=C\C)=C/C=C/C)cc1. The molecule has 126 valence electrons. The van der Waals surface area contributed by atoms with E-state index in [1.807, 2.05) is 56.3 Å². The summed E-state index contributed by atoms with van der Waals surface area (Å²) < 4.78 is 14.3. The fraction of sp³-hybridized carbons (Fsp3) is 0.190. The molecular formula is C21H25NOS. The van der Waals surface area contributed by atoms with Crippen LogP contribution in [0.25, 0.3) is 17.0 Å². The average molecular weight is 340 g/mol. The largest absolute Gasteiger partial charge is 0.314 e. The van der Waals surface area contributed by atoms with E-state index in [2.05, 4.69) is 41.6 Å². The standard InChI is InChI=1S/C21H25NOS/c1-6-8-10-19(9-7-2)22-17(3)11-16-21(22)18-12-14-20(15-13-18)24(4,5)23/h6-16H,4H2,1-3,5H3/b8-6+,9-7-,19-10+. The number of hydrogen-bond donors (Lipinski definition) is 0. The summed E-state index contributed by atoms with van der Waals surface area (Å²) in [5.74, 6) is 3.75. The number of hydrogen-bond acceptors (Lipinski definition) is 1. The summed E-state index contributed by atoms with van der Waals surface area (Å²) in [5, 5.41) is 0. The van der Waals surface area contributed by atoms with E-state index < -0.39 is 9.52 Å². The van der Waals surface area contributed by atoms with E-state index in [0.717, 1.165) is 21.8 Å². The van der Waals surface area contributed by atoms with Crippen LogP contribution in [0.15, 0.2) is 71.7 Å². The number of allylic oxidation sites excluding steroid dienone is 6. The highest BCUT2D eigenvalue weighted by atomic mass is 32.2. The molecule has 1 heterocycles. The van der Waals surface area contributed by atoms with E-state index in [1.165, 1.54) is 5.69 Å². The Bertz CT molecular complexity index is 892. The molecule has 0 amide bonds. The van der Waals surface area contributed by atoms with Crippen molar-refractivity contribution >= 4 is 21.1 Å². The summed E-state index contributed by atoms with van der Waals surface area (Å²) in [6.45, 7) is 6.12. The van der Waals surface area contributed by atoms with E-state index in [4.69, 9.17) is 0 Å². The van der Waals surface area contributed by atoms with E-state index in [0.29, 0.717) is 0 Å². The maximum atomic E-state index is 12.1. The number of rotatable bonds is 5. The quantitative estimate of drug-likeness (QED) is 0.544. The minimum absolute atomic E-state index is 0.777. The smallest absolute Gasteiger partial charge is 0.0531 e. The molecule has 2 aromatic rings. The Kier molecular flexibility index (Phi) is 5.68. The van der Waals surface area contributed by atoms with Crippen LogP contribution in [0.3, 0.4) is 0 Å². The predicted molar refractivity (Wildman–Crippen MR) is 108 cm³/mol. The molecule has 3 heteroatoms. The lowest BCUT2D eigenvalue weighted by Crippen LogP contribution is -2.00. The first-order valence-corrected chi connectivity index (χ1v) is 10.1. The van der Waals surface area contributed by atoms with Crippen LogP contribution in [0.1, 0.15) is 19.5 Å². The van der Waals surface area contributed by atoms with Gasteiger partial charge in [0.2, 0.25) is 0 Å². The van der Waals surface area contributed by atoms with Gasteiger partial charge in [0.05, 0.1) is 5.69 Å². The molecule has 0 aliphatic rings. The van der Waals surface area contributed by atoms with Crippen LogP contribution in [-0.4, -0.2) is 20.9 Å². The minimum Gasteiger partial charge on any atom is -0.314 e. The molecule has 0 spiro atoms. The van der Waals surface area contributed by atoms with Crippen LogP contribution in [0.5, 0.6) is 0 Å². The highest BCUT2D eigenvalue weighted by Crippen LogP contribution is 2.27. The van der Waals surface area contributed by atoms with Crippen molar-refractivity contribution in [3.05, 3.63) is 72.5 Å². The van der Waals surface area contributed by atoms with Gasteiger partial charge in [-0.3, -0.25) is 4.21 Å². The van der Waals surface area contributed by atoms with Crippen LogP contribution < -0.4 is 0 Å². The van der Waals surface area contributed by atoms with E-state index in [9.17, 15) is 4.21 Å². The van der Waals surface area contributed by atoms with Gasteiger partial charge in [0, 0.05) is 22.5 Å². The van der Waals surface area contributed by atoms with Gasteiger partial charge in [-0.25, -0.2) is 0 Å². The van der Waals surface area contributed by atoms with Crippen molar-refractivity contribution < 1.29 is 4.21 Å². The van der Waals surface area contributed by atoms with Crippen LogP contribution in [0.4, 0.5) is 0 Å². The summed E-state index contributed by atoms with van der Waals surface area (Å²) in [6, 6.07) is 12.1. The van der Waals surface area contributed by atoms with Crippen molar-refractivity contribution in [3.63, 3.8) is 0 Å². The molecule has 1 unspecified atom stereocenters. The number of benzene rings is 1. The number of nitrogens with zero attached hydrogens (tertiary/aromatic N) is 1. The third-order valence-electron chi connectivity index (χ3n) is 3.78. The third kappa shape index (κ3) is 3.98. The number of aromatic nitrogens is 1. The summed E-state index contributed by atoms with van der Waals surface area (Å²) in [6.07, 6.45) is 12.0. The predicted octanol–water partition coefficient (Wildman–Crippen LogP) is 5.16. The summed E-state index contributed by atoms with van der Waals surface area (Å²) in [7, 11) is -2.18. The maximum absolute atomic E-state index is 12.1. The summed E-state index contributed by atoms with van der Waals surface area (Å²) in [5.41, 5.74) is 4.47. The van der Waals surface area contributed by atoms with Gasteiger partial charge >= 0.3 is 0 Å². The fourth-order valence-corrected chi connectivity index (χ4v) is 3.30. The highest BCUT2D eigenvalue weighted by Gasteiger charge is 2.10. The molecule has 0 fully saturated rings. The second-order valence-electron chi connectivity index (χ2n) is 5.84. The van der Waals surface area contributed by atoms with Crippen LogP contribution in [0, 0.1) is 6.92 Å². The topological polar surface area (TPSA) is 22.0 Å². The molecule has 0 aliphatic heterocycles. The molecule has 24 heavy (non-hydrogen) atoms. The zero-order valence-electron chi connectivity index (χ0n) is 14.8. The molecule has 0 N–H and O–H groups in total. The van der Waals surface area contributed by atoms with Gasteiger partial charge in [-0.1, -0.05) is 30.4 Å². The van der Waals surface area contributed by atoms with Gasteiger partial charge < -0.3 is 4.57 Å². The van der Waals surface area contributed by atoms with E-state index in [-0.39, 0.29) is 0 Å². The molecule has 1 aromatic heterocycles. The Balaban J connectivity index is 2.57. The number of aryl methyl sites for hydroxylation is 1. The lowest BCUT2D eigenvalue weighted by atomic mass is 10.1. The van der Waals surface area contributed by atoms with Crippen LogP contribution >= 0.6 is 0 Å². The average Bonchev–Trinajstić information content (AvgIpc) is 2.92. The Morgan fingerprint density at radius 2 is 1.75 bits per heavy atom. The third-order valence-corrected chi connectivity index (χ3v) is 5.05. The van der Waals surface area contributed by atoms with Crippen molar-refractivity contribution in [2.24, 2.45) is 0 Å². The Morgan fingerprint density at radius 1 is 1.08 bits per heavy atom. The molecule has 0 saturated heterocycles.